The second-order valence-electron chi connectivity index (χ2n) is 9.55. The van der Waals surface area contributed by atoms with Crippen molar-refractivity contribution in [1.82, 2.24) is 10.2 Å². The van der Waals surface area contributed by atoms with Crippen molar-refractivity contribution >= 4 is 27.5 Å². The number of amides is 2. The van der Waals surface area contributed by atoms with Crippen molar-refractivity contribution in [3.8, 4) is 11.5 Å². The SMILES string of the molecule is CCNC(=O)C(Cc1ccccc1)N(Cc1ccc(C)cc1)C(=O)CN(c1ccc2c(c1)OCO2)S(=O)(=O)CC. The summed E-state index contributed by atoms with van der Waals surface area (Å²) in [6.45, 7) is 5.40. The molecule has 1 aliphatic heterocycles. The van der Waals surface area contributed by atoms with Crippen LogP contribution < -0.4 is 19.1 Å². The molecular weight excluding hydrogens is 530 g/mol. The van der Waals surface area contributed by atoms with E-state index in [1.54, 1.807) is 18.2 Å². The van der Waals surface area contributed by atoms with Gasteiger partial charge in [0, 0.05) is 25.6 Å². The number of aryl methyl sites for hydroxylation is 1. The van der Waals surface area contributed by atoms with Crippen molar-refractivity contribution in [3.05, 3.63) is 89.5 Å². The first-order valence-electron chi connectivity index (χ1n) is 13.3. The molecule has 0 spiro atoms. The molecule has 40 heavy (non-hydrogen) atoms. The molecule has 1 unspecified atom stereocenters. The molecular formula is C30H35N3O6S. The number of rotatable bonds is 12. The van der Waals surface area contributed by atoms with E-state index in [9.17, 15) is 18.0 Å². The number of fused-ring (bicyclic) bond motifs is 1. The topological polar surface area (TPSA) is 105 Å². The van der Waals surface area contributed by atoms with Gasteiger partial charge in [0.25, 0.3) is 0 Å². The Balaban J connectivity index is 1.73. The van der Waals surface area contributed by atoms with E-state index in [4.69, 9.17) is 9.47 Å². The van der Waals surface area contributed by atoms with Crippen LogP contribution in [0.5, 0.6) is 11.5 Å². The minimum atomic E-state index is -3.86. The summed E-state index contributed by atoms with van der Waals surface area (Å²) in [6, 6.07) is 21.1. The number of nitrogens with one attached hydrogen (secondary N) is 1. The molecule has 0 fully saturated rings. The lowest BCUT2D eigenvalue weighted by molar-refractivity contribution is -0.140. The summed E-state index contributed by atoms with van der Waals surface area (Å²) in [6.07, 6.45) is 0.273. The van der Waals surface area contributed by atoms with E-state index in [2.05, 4.69) is 5.32 Å². The molecule has 0 bridgehead atoms. The van der Waals surface area contributed by atoms with Crippen LogP contribution in [0.3, 0.4) is 0 Å². The van der Waals surface area contributed by atoms with E-state index < -0.39 is 28.5 Å². The molecule has 0 aliphatic carbocycles. The molecule has 1 N–H and O–H groups in total. The van der Waals surface area contributed by atoms with Crippen LogP contribution in [0.2, 0.25) is 0 Å². The third kappa shape index (κ3) is 6.93. The maximum atomic E-state index is 14.1. The number of carbonyl (C=O) groups is 2. The van der Waals surface area contributed by atoms with Gasteiger partial charge in [0.1, 0.15) is 12.6 Å². The van der Waals surface area contributed by atoms with E-state index in [0.717, 1.165) is 21.0 Å². The van der Waals surface area contributed by atoms with Gasteiger partial charge in [-0.1, -0.05) is 60.2 Å². The van der Waals surface area contributed by atoms with E-state index in [0.29, 0.717) is 18.0 Å². The average molecular weight is 566 g/mol. The highest BCUT2D eigenvalue weighted by Gasteiger charge is 2.34. The Morgan fingerprint density at radius 3 is 2.30 bits per heavy atom. The van der Waals surface area contributed by atoms with E-state index in [-0.39, 0.29) is 37.1 Å². The van der Waals surface area contributed by atoms with Gasteiger partial charge in [-0.2, -0.15) is 0 Å². The van der Waals surface area contributed by atoms with Gasteiger partial charge in [-0.3, -0.25) is 13.9 Å². The number of hydrogen-bond acceptors (Lipinski definition) is 6. The molecule has 9 nitrogen and oxygen atoms in total. The first kappa shape index (κ1) is 28.9. The van der Waals surface area contributed by atoms with Gasteiger partial charge in [-0.15, -0.1) is 0 Å². The number of likely N-dealkylation sites (N-methyl/N-ethyl adjacent to an activating group) is 1. The van der Waals surface area contributed by atoms with Crippen LogP contribution in [0.15, 0.2) is 72.8 Å². The van der Waals surface area contributed by atoms with Gasteiger partial charge in [0.05, 0.1) is 11.4 Å². The lowest BCUT2D eigenvalue weighted by atomic mass is 10.0. The fraction of sp³-hybridized carbons (Fsp3) is 0.333. The molecule has 1 aliphatic rings. The number of ether oxygens (including phenoxy) is 2. The molecule has 0 saturated carbocycles. The number of nitrogens with zero attached hydrogens (tertiary/aromatic N) is 2. The zero-order chi connectivity index (χ0) is 28.7. The minimum absolute atomic E-state index is 0.0380. The predicted molar refractivity (Wildman–Crippen MR) is 154 cm³/mol. The highest BCUT2D eigenvalue weighted by molar-refractivity contribution is 7.92. The maximum Gasteiger partial charge on any atom is 0.244 e. The van der Waals surface area contributed by atoms with Gasteiger partial charge in [0.15, 0.2) is 11.5 Å². The molecule has 1 atom stereocenters. The lowest BCUT2D eigenvalue weighted by Gasteiger charge is -2.33. The summed E-state index contributed by atoms with van der Waals surface area (Å²) in [5, 5.41) is 2.86. The zero-order valence-electron chi connectivity index (χ0n) is 23.0. The van der Waals surface area contributed by atoms with Gasteiger partial charge < -0.3 is 19.7 Å². The van der Waals surface area contributed by atoms with Crippen molar-refractivity contribution < 1.29 is 27.5 Å². The van der Waals surface area contributed by atoms with E-state index >= 15 is 0 Å². The lowest BCUT2D eigenvalue weighted by Crippen LogP contribution is -2.53. The number of sulfonamides is 1. The summed E-state index contributed by atoms with van der Waals surface area (Å²) in [5.41, 5.74) is 3.06. The maximum absolute atomic E-state index is 14.1. The van der Waals surface area contributed by atoms with Gasteiger partial charge >= 0.3 is 0 Å². The Morgan fingerprint density at radius 2 is 1.62 bits per heavy atom. The first-order valence-corrected chi connectivity index (χ1v) is 14.9. The molecule has 3 aromatic rings. The molecule has 3 aromatic carbocycles. The second-order valence-corrected chi connectivity index (χ2v) is 11.7. The number of anilines is 1. The highest BCUT2D eigenvalue weighted by atomic mass is 32.2. The Morgan fingerprint density at radius 1 is 0.925 bits per heavy atom. The molecule has 0 saturated heterocycles. The van der Waals surface area contributed by atoms with Crippen LogP contribution in [-0.4, -0.2) is 56.8 Å². The van der Waals surface area contributed by atoms with Crippen LogP contribution in [0.25, 0.3) is 0 Å². The summed E-state index contributed by atoms with van der Waals surface area (Å²) in [7, 11) is -3.86. The molecule has 0 aromatic heterocycles. The smallest absolute Gasteiger partial charge is 0.244 e. The highest BCUT2D eigenvalue weighted by Crippen LogP contribution is 2.36. The van der Waals surface area contributed by atoms with E-state index in [1.165, 1.54) is 11.8 Å². The summed E-state index contributed by atoms with van der Waals surface area (Å²) in [4.78, 5) is 29.0. The van der Waals surface area contributed by atoms with Crippen molar-refractivity contribution in [1.29, 1.82) is 0 Å². The Hall–Kier alpha value is -4.05. The predicted octanol–water partition coefficient (Wildman–Crippen LogP) is 3.66. The third-order valence-electron chi connectivity index (χ3n) is 6.72. The Bertz CT molecular complexity index is 1430. The molecule has 4 rings (SSSR count). The molecule has 2 amide bonds. The Labute approximate surface area is 235 Å². The Kier molecular flexibility index (Phi) is 9.31. The summed E-state index contributed by atoms with van der Waals surface area (Å²) in [5.74, 6) is -0.107. The zero-order valence-corrected chi connectivity index (χ0v) is 23.8. The molecule has 212 valence electrons. The first-order chi connectivity index (χ1) is 19.2. The third-order valence-corrected chi connectivity index (χ3v) is 8.46. The van der Waals surface area contributed by atoms with Gasteiger partial charge in [-0.25, -0.2) is 8.42 Å². The fourth-order valence-corrected chi connectivity index (χ4v) is 5.55. The molecule has 10 heteroatoms. The van der Waals surface area contributed by atoms with Crippen molar-refractivity contribution in [2.45, 2.75) is 39.8 Å². The van der Waals surface area contributed by atoms with Crippen molar-refractivity contribution in [3.63, 3.8) is 0 Å². The molecule has 1 heterocycles. The quantitative estimate of drug-likeness (QED) is 0.360. The van der Waals surface area contributed by atoms with Crippen LogP contribution in [0.4, 0.5) is 5.69 Å². The minimum Gasteiger partial charge on any atom is -0.454 e. The number of hydrogen-bond donors (Lipinski definition) is 1. The van der Waals surface area contributed by atoms with Gasteiger partial charge in [-0.05, 0) is 44.0 Å². The standard InChI is InChI=1S/C30H35N3O6S/c1-4-31-30(35)26(17-23-9-7-6-8-10-23)32(19-24-13-11-22(3)12-14-24)29(34)20-33(40(36,37)5-2)25-15-16-27-28(18-25)39-21-38-27/h6-16,18,26H,4-5,17,19-21H2,1-3H3,(H,31,35). The van der Waals surface area contributed by atoms with Crippen LogP contribution in [-0.2, 0) is 32.6 Å². The normalized spacial score (nSPS) is 13.0. The van der Waals surface area contributed by atoms with Crippen LogP contribution in [0, 0.1) is 6.92 Å². The number of carbonyl (C=O) groups excluding carboxylic acids is 2. The van der Waals surface area contributed by atoms with E-state index in [1.807, 2.05) is 68.4 Å². The van der Waals surface area contributed by atoms with Crippen molar-refractivity contribution in [2.24, 2.45) is 0 Å². The monoisotopic (exact) mass is 565 g/mol. The second kappa shape index (κ2) is 12.9. The fourth-order valence-electron chi connectivity index (χ4n) is 4.50. The molecule has 0 radical (unpaired) electrons. The number of benzene rings is 3. The summed E-state index contributed by atoms with van der Waals surface area (Å²) < 4.78 is 38.4. The average Bonchev–Trinajstić information content (AvgIpc) is 3.43. The van der Waals surface area contributed by atoms with Crippen LogP contribution in [0.1, 0.15) is 30.5 Å². The largest absolute Gasteiger partial charge is 0.454 e. The summed E-state index contributed by atoms with van der Waals surface area (Å²) >= 11 is 0. The van der Waals surface area contributed by atoms with Crippen molar-refractivity contribution in [2.75, 3.05) is 29.9 Å². The van der Waals surface area contributed by atoms with Crippen LogP contribution >= 0.6 is 0 Å². The van der Waals surface area contributed by atoms with Gasteiger partial charge in [0.2, 0.25) is 28.6 Å².